The van der Waals surface area contributed by atoms with Gasteiger partial charge in [0.1, 0.15) is 17.6 Å². The molecule has 2 aromatic carbocycles. The third-order valence-corrected chi connectivity index (χ3v) is 10.7. The number of H-pyrrole nitrogens is 2. The molecule has 0 bridgehead atoms. The summed E-state index contributed by atoms with van der Waals surface area (Å²) < 4.78 is 21.4. The molecule has 0 unspecified atom stereocenters. The molecular formula is C53H74N6O4. The summed E-state index contributed by atoms with van der Waals surface area (Å²) in [5.74, 6) is 2.68. The summed E-state index contributed by atoms with van der Waals surface area (Å²) in [5, 5.41) is 2.40. The molecule has 6 heterocycles. The van der Waals surface area contributed by atoms with Crippen LogP contribution < -0.4 is 14.4 Å². The number of fused-ring (bicyclic) bond motifs is 2. The van der Waals surface area contributed by atoms with E-state index in [4.69, 9.17) is 18.9 Å². The zero-order valence-corrected chi connectivity index (χ0v) is 40.4. The van der Waals surface area contributed by atoms with Crippen LogP contribution in [0.25, 0.3) is 21.8 Å². The Morgan fingerprint density at radius 2 is 1.33 bits per heavy atom. The number of hydrogen-bond acceptors (Lipinski definition) is 8. The van der Waals surface area contributed by atoms with Crippen molar-refractivity contribution in [3.05, 3.63) is 120 Å². The van der Waals surface area contributed by atoms with Gasteiger partial charge in [-0.15, -0.1) is 0 Å². The Morgan fingerprint density at radius 1 is 0.698 bits per heavy atom. The van der Waals surface area contributed by atoms with Crippen LogP contribution in [0, 0.1) is 5.41 Å². The average Bonchev–Trinajstić information content (AvgIpc) is 3.87. The number of methoxy groups -OCH3 is 1. The van der Waals surface area contributed by atoms with Gasteiger partial charge in [-0.25, -0.2) is 9.97 Å². The number of benzene rings is 2. The summed E-state index contributed by atoms with van der Waals surface area (Å²) in [6, 6.07) is 20.8. The monoisotopic (exact) mass is 859 g/mol. The molecule has 0 aliphatic carbocycles. The van der Waals surface area contributed by atoms with Gasteiger partial charge in [0, 0.05) is 81.9 Å². The Morgan fingerprint density at radius 3 is 1.89 bits per heavy atom. The molecule has 63 heavy (non-hydrogen) atoms. The van der Waals surface area contributed by atoms with E-state index in [1.54, 1.807) is 7.11 Å². The fourth-order valence-corrected chi connectivity index (χ4v) is 6.62. The van der Waals surface area contributed by atoms with E-state index in [1.165, 1.54) is 44.3 Å². The van der Waals surface area contributed by atoms with E-state index in [0.717, 1.165) is 69.8 Å². The Hall–Kier alpha value is -5.19. The van der Waals surface area contributed by atoms with Crippen LogP contribution in [0.3, 0.4) is 0 Å². The zero-order chi connectivity index (χ0) is 45.8. The minimum atomic E-state index is 0.159. The largest absolute Gasteiger partial charge is 0.497 e. The minimum Gasteiger partial charge on any atom is -0.497 e. The number of allylic oxidation sites excluding steroid dienone is 2. The Labute approximate surface area is 377 Å². The lowest BCUT2D eigenvalue weighted by Gasteiger charge is -2.27. The smallest absolute Gasteiger partial charge is 0.225 e. The van der Waals surface area contributed by atoms with E-state index in [9.17, 15) is 0 Å². The molecule has 6 aromatic rings. The highest BCUT2D eigenvalue weighted by atomic mass is 16.6. The van der Waals surface area contributed by atoms with Crippen molar-refractivity contribution in [3.63, 3.8) is 0 Å². The van der Waals surface area contributed by atoms with E-state index >= 15 is 0 Å². The predicted octanol–water partition coefficient (Wildman–Crippen LogP) is 11.9. The van der Waals surface area contributed by atoms with Gasteiger partial charge in [0.05, 0.1) is 33.5 Å². The number of rotatable bonds is 7. The Bertz CT molecular complexity index is 2290. The third kappa shape index (κ3) is 15.5. The van der Waals surface area contributed by atoms with E-state index in [-0.39, 0.29) is 27.8 Å². The van der Waals surface area contributed by atoms with Crippen molar-refractivity contribution < 1.29 is 18.9 Å². The van der Waals surface area contributed by atoms with E-state index < -0.39 is 0 Å². The molecule has 10 heteroatoms. The lowest BCUT2D eigenvalue weighted by atomic mass is 9.87. The van der Waals surface area contributed by atoms with Crippen molar-refractivity contribution in [1.82, 2.24) is 24.9 Å². The number of aromatic nitrogens is 5. The summed E-state index contributed by atoms with van der Waals surface area (Å²) in [6.07, 6.45) is 14.4. The van der Waals surface area contributed by atoms with E-state index in [0.29, 0.717) is 0 Å². The summed E-state index contributed by atoms with van der Waals surface area (Å²) in [6.45, 7) is 31.2. The van der Waals surface area contributed by atoms with Gasteiger partial charge in [-0.05, 0) is 83.3 Å². The first-order valence-electron chi connectivity index (χ1n) is 22.4. The predicted molar refractivity (Wildman–Crippen MR) is 261 cm³/mol. The van der Waals surface area contributed by atoms with Gasteiger partial charge in [0.2, 0.25) is 5.95 Å². The van der Waals surface area contributed by atoms with Crippen molar-refractivity contribution in [3.8, 4) is 11.5 Å². The number of hydrogen-bond donors (Lipinski definition) is 2. The summed E-state index contributed by atoms with van der Waals surface area (Å²) >= 11 is 0. The maximum atomic E-state index is 5.76. The van der Waals surface area contributed by atoms with Gasteiger partial charge in [-0.1, -0.05) is 107 Å². The molecule has 0 spiro atoms. The number of morpholine rings is 1. The molecule has 8 rings (SSSR count). The van der Waals surface area contributed by atoms with Crippen molar-refractivity contribution in [2.24, 2.45) is 5.41 Å². The first-order valence-corrected chi connectivity index (χ1v) is 22.4. The van der Waals surface area contributed by atoms with Crippen LogP contribution in [-0.4, -0.2) is 77.7 Å². The van der Waals surface area contributed by atoms with Gasteiger partial charge >= 0.3 is 0 Å². The van der Waals surface area contributed by atoms with Crippen LogP contribution >= 0.6 is 0 Å². The molecule has 0 amide bonds. The number of aromatic amines is 2. The van der Waals surface area contributed by atoms with Crippen LogP contribution in [0.4, 0.5) is 5.95 Å². The molecule has 2 N–H and O–H groups in total. The molecular weight excluding hydrogens is 785 g/mol. The highest BCUT2D eigenvalue weighted by molar-refractivity contribution is 5.82. The highest BCUT2D eigenvalue weighted by Gasteiger charge is 2.22. The number of pyridine rings is 1. The number of nitrogens with one attached hydrogen (secondary N) is 2. The van der Waals surface area contributed by atoms with Gasteiger partial charge < -0.3 is 33.8 Å². The van der Waals surface area contributed by atoms with Crippen molar-refractivity contribution in [1.29, 1.82) is 0 Å². The molecule has 0 saturated carbocycles. The Kier molecular flexibility index (Phi) is 16.6. The Balaban J connectivity index is 0.000000160. The fraction of sp³-hybridized carbons (Fsp3) is 0.491. The molecule has 2 fully saturated rings. The second kappa shape index (κ2) is 21.5. The normalized spacial score (nSPS) is 14.8. The third-order valence-electron chi connectivity index (χ3n) is 10.7. The van der Waals surface area contributed by atoms with Gasteiger partial charge in [0.25, 0.3) is 0 Å². The zero-order valence-electron chi connectivity index (χ0n) is 40.4. The van der Waals surface area contributed by atoms with Gasteiger partial charge in [-0.2, -0.15) is 0 Å². The lowest BCUT2D eigenvalue weighted by Crippen LogP contribution is -2.38. The van der Waals surface area contributed by atoms with Crippen LogP contribution in [-0.2, 0) is 32.1 Å². The second-order valence-electron chi connectivity index (χ2n) is 20.6. The van der Waals surface area contributed by atoms with Crippen molar-refractivity contribution in [2.45, 2.75) is 118 Å². The van der Waals surface area contributed by atoms with E-state index in [2.05, 4.69) is 168 Å². The molecule has 0 radical (unpaired) electrons. The highest BCUT2D eigenvalue weighted by Crippen LogP contribution is 2.29. The maximum Gasteiger partial charge on any atom is 0.225 e. The molecule has 10 nitrogen and oxygen atoms in total. The average molecular weight is 859 g/mol. The lowest BCUT2D eigenvalue weighted by molar-refractivity contribution is -0.0797. The fourth-order valence-electron chi connectivity index (χ4n) is 6.62. The first-order chi connectivity index (χ1) is 29.7. The molecule has 340 valence electrons. The molecule has 4 aromatic heterocycles. The van der Waals surface area contributed by atoms with Gasteiger partial charge in [0.15, 0.2) is 0 Å². The number of nitrogens with zero attached hydrogens (tertiary/aromatic N) is 4. The van der Waals surface area contributed by atoms with Crippen LogP contribution in [0.15, 0.2) is 97.6 Å². The minimum absolute atomic E-state index is 0.159. The molecule has 0 atom stereocenters. The first kappa shape index (κ1) is 48.8. The molecule has 2 aliphatic rings. The maximum absolute atomic E-state index is 5.76. The van der Waals surface area contributed by atoms with Crippen LogP contribution in [0.2, 0.25) is 0 Å². The van der Waals surface area contributed by atoms with Crippen LogP contribution in [0.1, 0.15) is 112 Å². The van der Waals surface area contributed by atoms with E-state index in [1.807, 2.05) is 43.0 Å². The van der Waals surface area contributed by atoms with Crippen molar-refractivity contribution in [2.75, 3.05) is 51.5 Å². The summed E-state index contributed by atoms with van der Waals surface area (Å²) in [5.41, 5.74) is 8.12. The summed E-state index contributed by atoms with van der Waals surface area (Å²) in [7, 11) is 1.69. The number of anilines is 1. The number of ether oxygens (including phenoxy) is 4. The second-order valence-corrected chi connectivity index (χ2v) is 20.6. The molecule has 2 saturated heterocycles. The quantitative estimate of drug-likeness (QED) is 0.153. The number of aryl methyl sites for hydroxylation is 1. The van der Waals surface area contributed by atoms with Crippen molar-refractivity contribution >= 4 is 27.8 Å². The summed E-state index contributed by atoms with van der Waals surface area (Å²) in [4.78, 5) is 22.0. The topological polar surface area (TPSA) is 110 Å². The standard InChI is InChI=1S/C16H25N3O.C13H17NO.C13H18O2.C11H14N2/c1-16(2,3)7-5-4-6-14-12-17-15(18-13-14)19-8-10-20-11-9-19;1-13(2,3)12-8-9-7-10(15-4)5-6-11(9)14-12;1-13(2,3)10-5-4-6-11(7-10)15-12-8-14-9-12;1-11(2,3)10-6-8-7-12-5-4-9(8)13-10/h5,7,12-13H,4,6,8-11H2,1-3H3;5-8,14H,1-4H3;4-7,12H,8-9H2,1-3H3;4-7,13H,1-3H3/b7-5+;;;. The molecule has 2 aliphatic heterocycles. The van der Waals surface area contributed by atoms with Crippen LogP contribution in [0.5, 0.6) is 11.5 Å². The SMILES string of the molecule is CC(C)(C)/C=C/CCc1cnc(N2CCOCC2)nc1.CC(C)(C)c1cc2cnccc2[nH]1.CC(C)(C)c1cccc(OC2COC2)c1.COc1ccc2[nH]c(C(C)(C)C)cc2c1. The van der Waals surface area contributed by atoms with Gasteiger partial charge in [-0.3, -0.25) is 4.98 Å².